The van der Waals surface area contributed by atoms with Crippen molar-refractivity contribution in [2.75, 3.05) is 18.8 Å². The molecule has 0 fully saturated rings. The lowest BCUT2D eigenvalue weighted by Gasteiger charge is -2.12. The van der Waals surface area contributed by atoms with Gasteiger partial charge in [0, 0.05) is 30.2 Å². The number of benzene rings is 2. The molecule has 0 aliphatic heterocycles. The van der Waals surface area contributed by atoms with Crippen LogP contribution in [-0.2, 0) is 6.42 Å². The number of hydrogen-bond donors (Lipinski definition) is 3. The number of nitrogens with one attached hydrogen (secondary N) is 2. The lowest BCUT2D eigenvalue weighted by molar-refractivity contribution is 0.170. The first kappa shape index (κ1) is 17.4. The Morgan fingerprint density at radius 3 is 2.35 bits per heavy atom. The van der Waals surface area contributed by atoms with Gasteiger partial charge in [-0.2, -0.15) is 0 Å². The molecule has 0 heterocycles. The van der Waals surface area contributed by atoms with Crippen molar-refractivity contribution < 1.29 is 9.90 Å². The van der Waals surface area contributed by atoms with Gasteiger partial charge in [0.05, 0.1) is 6.10 Å². The normalized spacial score (nSPS) is 11.7. The zero-order valence-electron chi connectivity index (χ0n) is 12.9. The Bertz CT molecular complexity index is 578. The molecule has 0 saturated heterocycles. The van der Waals surface area contributed by atoms with Crippen LogP contribution in [0.25, 0.3) is 0 Å². The number of amides is 2. The third-order valence-electron chi connectivity index (χ3n) is 3.21. The number of urea groups is 1. The molecule has 0 saturated carbocycles. The highest BCUT2D eigenvalue weighted by atomic mass is 32.2. The van der Waals surface area contributed by atoms with Gasteiger partial charge in [-0.25, -0.2) is 4.79 Å². The second-order valence-electron chi connectivity index (χ2n) is 5.14. The lowest BCUT2D eigenvalue weighted by atomic mass is 10.1. The minimum atomic E-state index is -0.582. The summed E-state index contributed by atoms with van der Waals surface area (Å²) >= 11 is 1.70. The van der Waals surface area contributed by atoms with Crippen LogP contribution >= 0.6 is 11.8 Å². The molecule has 0 radical (unpaired) electrons. The van der Waals surface area contributed by atoms with Crippen LogP contribution in [0, 0.1) is 0 Å². The van der Waals surface area contributed by atoms with Crippen molar-refractivity contribution in [2.45, 2.75) is 17.4 Å². The van der Waals surface area contributed by atoms with Crippen LogP contribution < -0.4 is 10.6 Å². The SMILES string of the molecule is O=C(NCCSc1ccccc1)NCC(O)Cc1ccccc1. The minimum absolute atomic E-state index is 0.243. The van der Waals surface area contributed by atoms with Gasteiger partial charge in [-0.05, 0) is 17.7 Å². The van der Waals surface area contributed by atoms with Gasteiger partial charge in [0.25, 0.3) is 0 Å². The molecule has 4 nitrogen and oxygen atoms in total. The number of thioether (sulfide) groups is 1. The van der Waals surface area contributed by atoms with Crippen molar-refractivity contribution in [1.82, 2.24) is 10.6 Å². The first-order chi connectivity index (χ1) is 11.2. The predicted molar refractivity (Wildman–Crippen MR) is 94.7 cm³/mol. The van der Waals surface area contributed by atoms with E-state index < -0.39 is 6.10 Å². The van der Waals surface area contributed by atoms with E-state index in [-0.39, 0.29) is 12.6 Å². The van der Waals surface area contributed by atoms with E-state index in [0.29, 0.717) is 13.0 Å². The van der Waals surface area contributed by atoms with Crippen LogP contribution in [0.4, 0.5) is 4.79 Å². The van der Waals surface area contributed by atoms with Gasteiger partial charge in [0.2, 0.25) is 0 Å². The molecular formula is C18H22N2O2S. The summed E-state index contributed by atoms with van der Waals surface area (Å²) in [7, 11) is 0. The zero-order chi connectivity index (χ0) is 16.3. The average Bonchev–Trinajstić information content (AvgIpc) is 2.59. The van der Waals surface area contributed by atoms with Gasteiger partial charge in [-0.15, -0.1) is 11.8 Å². The third kappa shape index (κ3) is 7.21. The topological polar surface area (TPSA) is 61.4 Å². The molecule has 23 heavy (non-hydrogen) atoms. The molecule has 0 aliphatic rings. The molecule has 0 spiro atoms. The molecule has 122 valence electrons. The van der Waals surface area contributed by atoms with Crippen LogP contribution in [0.2, 0.25) is 0 Å². The fraction of sp³-hybridized carbons (Fsp3) is 0.278. The quantitative estimate of drug-likeness (QED) is 0.515. The molecule has 2 amide bonds. The summed E-state index contributed by atoms with van der Waals surface area (Å²) in [5.74, 6) is 0.810. The van der Waals surface area contributed by atoms with E-state index in [2.05, 4.69) is 10.6 Å². The first-order valence-corrected chi connectivity index (χ1v) is 8.64. The molecule has 1 atom stereocenters. The van der Waals surface area contributed by atoms with Crippen molar-refractivity contribution in [1.29, 1.82) is 0 Å². The standard InChI is InChI=1S/C18H22N2O2S/c21-16(13-15-7-3-1-4-8-15)14-20-18(22)19-11-12-23-17-9-5-2-6-10-17/h1-10,16,21H,11-14H2,(H2,19,20,22). The number of rotatable bonds is 8. The fourth-order valence-corrected chi connectivity index (χ4v) is 2.87. The van der Waals surface area contributed by atoms with Crippen LogP contribution in [0.15, 0.2) is 65.6 Å². The summed E-state index contributed by atoms with van der Waals surface area (Å²) in [6.07, 6.45) is -0.0489. The molecular weight excluding hydrogens is 308 g/mol. The minimum Gasteiger partial charge on any atom is -0.391 e. The smallest absolute Gasteiger partial charge is 0.314 e. The number of aliphatic hydroxyl groups is 1. The van der Waals surface area contributed by atoms with E-state index in [1.54, 1.807) is 11.8 Å². The highest BCUT2D eigenvalue weighted by Crippen LogP contribution is 2.15. The van der Waals surface area contributed by atoms with E-state index in [0.717, 1.165) is 11.3 Å². The molecule has 2 aromatic rings. The molecule has 0 aliphatic carbocycles. The van der Waals surface area contributed by atoms with Gasteiger partial charge in [-0.1, -0.05) is 48.5 Å². The van der Waals surface area contributed by atoms with Crippen molar-refractivity contribution in [3.05, 3.63) is 66.2 Å². The fourth-order valence-electron chi connectivity index (χ4n) is 2.08. The highest BCUT2D eigenvalue weighted by Gasteiger charge is 2.07. The van der Waals surface area contributed by atoms with Crippen molar-refractivity contribution in [3.8, 4) is 0 Å². The maximum absolute atomic E-state index is 11.7. The molecule has 1 unspecified atom stereocenters. The lowest BCUT2D eigenvalue weighted by Crippen LogP contribution is -2.41. The van der Waals surface area contributed by atoms with Crippen LogP contribution in [0.1, 0.15) is 5.56 Å². The number of hydrogen-bond acceptors (Lipinski definition) is 3. The van der Waals surface area contributed by atoms with Crippen molar-refractivity contribution in [3.63, 3.8) is 0 Å². The summed E-state index contributed by atoms with van der Waals surface area (Å²) in [5, 5.41) is 15.4. The van der Waals surface area contributed by atoms with Crippen molar-refractivity contribution >= 4 is 17.8 Å². The van der Waals surface area contributed by atoms with E-state index >= 15 is 0 Å². The Kier molecular flexibility index (Phi) is 7.49. The van der Waals surface area contributed by atoms with Crippen LogP contribution in [0.5, 0.6) is 0 Å². The third-order valence-corrected chi connectivity index (χ3v) is 4.23. The van der Waals surface area contributed by atoms with E-state index in [1.807, 2.05) is 60.7 Å². The molecule has 5 heteroatoms. The van der Waals surface area contributed by atoms with Gasteiger partial charge < -0.3 is 15.7 Å². The van der Waals surface area contributed by atoms with Crippen LogP contribution in [-0.4, -0.2) is 36.1 Å². The average molecular weight is 330 g/mol. The summed E-state index contributed by atoms with van der Waals surface area (Å²) in [5.41, 5.74) is 1.06. The molecule has 2 aromatic carbocycles. The maximum atomic E-state index is 11.7. The largest absolute Gasteiger partial charge is 0.391 e. The molecule has 3 N–H and O–H groups in total. The highest BCUT2D eigenvalue weighted by molar-refractivity contribution is 7.99. The number of aliphatic hydroxyl groups excluding tert-OH is 1. The Balaban J connectivity index is 1.56. The monoisotopic (exact) mass is 330 g/mol. The molecule has 0 bridgehead atoms. The second kappa shape index (κ2) is 9.92. The van der Waals surface area contributed by atoms with Gasteiger partial charge in [0.1, 0.15) is 0 Å². The Morgan fingerprint density at radius 1 is 1.00 bits per heavy atom. The van der Waals surface area contributed by atoms with Gasteiger partial charge >= 0.3 is 6.03 Å². The maximum Gasteiger partial charge on any atom is 0.314 e. The summed E-state index contributed by atoms with van der Waals surface area (Å²) in [6, 6.07) is 19.6. The molecule has 2 rings (SSSR count). The Labute approximate surface area is 141 Å². The second-order valence-corrected chi connectivity index (χ2v) is 6.31. The van der Waals surface area contributed by atoms with Gasteiger partial charge in [0.15, 0.2) is 0 Å². The summed E-state index contributed by atoms with van der Waals surface area (Å²) in [4.78, 5) is 12.9. The predicted octanol–water partition coefficient (Wildman–Crippen LogP) is 2.68. The van der Waals surface area contributed by atoms with Crippen LogP contribution in [0.3, 0.4) is 0 Å². The van der Waals surface area contributed by atoms with E-state index in [1.165, 1.54) is 4.90 Å². The zero-order valence-corrected chi connectivity index (χ0v) is 13.8. The van der Waals surface area contributed by atoms with E-state index in [9.17, 15) is 9.90 Å². The van der Waals surface area contributed by atoms with E-state index in [4.69, 9.17) is 0 Å². The first-order valence-electron chi connectivity index (χ1n) is 7.65. The Hall–Kier alpha value is -1.98. The Morgan fingerprint density at radius 2 is 1.65 bits per heavy atom. The number of carbonyl (C=O) groups is 1. The summed E-state index contributed by atoms with van der Waals surface area (Å²) in [6.45, 7) is 0.826. The summed E-state index contributed by atoms with van der Waals surface area (Å²) < 4.78 is 0. The number of carbonyl (C=O) groups excluding carboxylic acids is 1. The van der Waals surface area contributed by atoms with Gasteiger partial charge in [-0.3, -0.25) is 0 Å². The van der Waals surface area contributed by atoms with Crippen molar-refractivity contribution in [2.24, 2.45) is 0 Å². The molecule has 0 aromatic heterocycles.